The molecule has 0 radical (unpaired) electrons. The van der Waals surface area contributed by atoms with Gasteiger partial charge in [0, 0.05) is 0 Å². The number of benzene rings is 1. The Morgan fingerprint density at radius 1 is 1.14 bits per heavy atom. The van der Waals surface area contributed by atoms with Crippen LogP contribution in [-0.2, 0) is 0 Å². The number of rotatable bonds is 2. The van der Waals surface area contributed by atoms with Crippen molar-refractivity contribution in [3.8, 4) is 0 Å². The Morgan fingerprint density at radius 3 is 2.07 bits per heavy atom. The number of carboxylic acids is 2. The van der Waals surface area contributed by atoms with Gasteiger partial charge in [-0.3, -0.25) is 0 Å². The maximum absolute atomic E-state index is 13.0. The second kappa shape index (κ2) is 3.45. The molecule has 1 aromatic rings. The van der Waals surface area contributed by atoms with Gasteiger partial charge < -0.3 is 10.2 Å². The summed E-state index contributed by atoms with van der Waals surface area (Å²) in [4.78, 5) is 21.0. The molecule has 0 amide bonds. The summed E-state index contributed by atoms with van der Waals surface area (Å²) in [6.07, 6.45) is 0. The van der Waals surface area contributed by atoms with Crippen molar-refractivity contribution in [3.63, 3.8) is 0 Å². The van der Waals surface area contributed by atoms with Crippen LogP contribution in [0.3, 0.4) is 0 Å². The number of carbonyl (C=O) groups is 2. The average Bonchev–Trinajstić information content (AvgIpc) is 2.07. The lowest BCUT2D eigenvalue weighted by Crippen LogP contribution is -2.06. The molecule has 1 aromatic carbocycles. The smallest absolute Gasteiger partial charge is 0.338 e. The van der Waals surface area contributed by atoms with Gasteiger partial charge in [-0.1, -0.05) is 0 Å². The van der Waals surface area contributed by atoms with Gasteiger partial charge in [0.2, 0.25) is 0 Å². The lowest BCUT2D eigenvalue weighted by molar-refractivity contribution is 0.0676. The van der Waals surface area contributed by atoms with E-state index in [9.17, 15) is 14.0 Å². The molecule has 0 saturated heterocycles. The van der Waals surface area contributed by atoms with E-state index in [1.54, 1.807) is 0 Å². The number of halogens is 1. The van der Waals surface area contributed by atoms with Gasteiger partial charge >= 0.3 is 11.9 Å². The monoisotopic (exact) mass is 198 g/mol. The fourth-order valence-electron chi connectivity index (χ4n) is 1.08. The summed E-state index contributed by atoms with van der Waals surface area (Å²) in [5, 5.41) is 17.1. The Morgan fingerprint density at radius 2 is 1.64 bits per heavy atom. The molecule has 0 bridgehead atoms. The van der Waals surface area contributed by atoms with E-state index in [0.717, 1.165) is 6.07 Å². The third-order valence-electron chi connectivity index (χ3n) is 1.77. The number of aromatic carboxylic acids is 2. The van der Waals surface area contributed by atoms with Gasteiger partial charge in [-0.05, 0) is 24.6 Å². The summed E-state index contributed by atoms with van der Waals surface area (Å²) < 4.78 is 13.0. The highest BCUT2D eigenvalue weighted by molar-refractivity contribution is 5.93. The summed E-state index contributed by atoms with van der Waals surface area (Å²) in [6.45, 7) is 1.41. The third-order valence-corrected chi connectivity index (χ3v) is 1.77. The van der Waals surface area contributed by atoms with Crippen molar-refractivity contribution >= 4 is 11.9 Å². The molecule has 0 aliphatic heterocycles. The molecule has 0 aliphatic rings. The molecule has 0 unspecified atom stereocenters. The molecule has 2 N–H and O–H groups in total. The Labute approximate surface area is 78.6 Å². The van der Waals surface area contributed by atoms with E-state index in [4.69, 9.17) is 10.2 Å². The van der Waals surface area contributed by atoms with Crippen molar-refractivity contribution in [2.24, 2.45) is 0 Å². The van der Waals surface area contributed by atoms with Gasteiger partial charge in [-0.2, -0.15) is 0 Å². The standard InChI is InChI=1S/C9H7FO4/c1-4-2-6(9(13)14)7(10)3-5(4)8(11)12/h2-3H,1H3,(H,11,12)(H,13,14). The van der Waals surface area contributed by atoms with E-state index in [0.29, 0.717) is 6.07 Å². The zero-order valence-electron chi connectivity index (χ0n) is 7.24. The second-order valence-corrected chi connectivity index (χ2v) is 2.76. The van der Waals surface area contributed by atoms with E-state index in [1.165, 1.54) is 6.92 Å². The van der Waals surface area contributed by atoms with Crippen molar-refractivity contribution in [3.05, 3.63) is 34.6 Å². The first-order valence-electron chi connectivity index (χ1n) is 3.70. The molecule has 0 spiro atoms. The van der Waals surface area contributed by atoms with E-state index in [1.807, 2.05) is 0 Å². The highest BCUT2D eigenvalue weighted by atomic mass is 19.1. The Hall–Kier alpha value is -1.91. The fourth-order valence-corrected chi connectivity index (χ4v) is 1.08. The normalized spacial score (nSPS) is 9.86. The minimum Gasteiger partial charge on any atom is -0.478 e. The minimum absolute atomic E-state index is 0.219. The number of hydrogen-bond donors (Lipinski definition) is 2. The van der Waals surface area contributed by atoms with E-state index >= 15 is 0 Å². The topological polar surface area (TPSA) is 74.6 Å². The highest BCUT2D eigenvalue weighted by Gasteiger charge is 2.16. The lowest BCUT2D eigenvalue weighted by atomic mass is 10.0. The minimum atomic E-state index is -1.41. The van der Waals surface area contributed by atoms with Gasteiger partial charge in [-0.25, -0.2) is 14.0 Å². The van der Waals surface area contributed by atoms with E-state index in [2.05, 4.69) is 0 Å². The largest absolute Gasteiger partial charge is 0.478 e. The first-order valence-corrected chi connectivity index (χ1v) is 3.70. The molecule has 0 aliphatic carbocycles. The van der Waals surface area contributed by atoms with Crippen LogP contribution in [0.15, 0.2) is 12.1 Å². The van der Waals surface area contributed by atoms with Crippen LogP contribution >= 0.6 is 0 Å². The number of carboxylic acid groups (broad SMARTS) is 2. The van der Waals surface area contributed by atoms with Crippen LogP contribution in [0, 0.1) is 12.7 Å². The molecule has 74 valence electrons. The Bertz CT molecular complexity index is 372. The van der Waals surface area contributed by atoms with Crippen LogP contribution in [0.2, 0.25) is 0 Å². The van der Waals surface area contributed by atoms with E-state index in [-0.39, 0.29) is 11.1 Å². The molecular formula is C9H7FO4. The van der Waals surface area contributed by atoms with Crippen LogP contribution in [0.25, 0.3) is 0 Å². The average molecular weight is 198 g/mol. The zero-order valence-corrected chi connectivity index (χ0v) is 7.24. The quantitative estimate of drug-likeness (QED) is 0.755. The highest BCUT2D eigenvalue weighted by Crippen LogP contribution is 2.15. The molecule has 0 saturated carbocycles. The van der Waals surface area contributed by atoms with Crippen LogP contribution in [0.4, 0.5) is 4.39 Å². The predicted molar refractivity (Wildman–Crippen MR) is 45.1 cm³/mol. The van der Waals surface area contributed by atoms with E-state index < -0.39 is 23.3 Å². The summed E-state index contributed by atoms with van der Waals surface area (Å²) in [5.41, 5.74) is -0.531. The van der Waals surface area contributed by atoms with Gasteiger partial charge in [0.05, 0.1) is 11.1 Å². The predicted octanol–water partition coefficient (Wildman–Crippen LogP) is 1.53. The van der Waals surface area contributed by atoms with Crippen molar-refractivity contribution < 1.29 is 24.2 Å². The molecule has 4 nitrogen and oxygen atoms in total. The van der Waals surface area contributed by atoms with Crippen molar-refractivity contribution in [1.82, 2.24) is 0 Å². The molecule has 1 rings (SSSR count). The molecule has 0 fully saturated rings. The first-order chi connectivity index (χ1) is 6.43. The number of aryl methyl sites for hydroxylation is 1. The van der Waals surface area contributed by atoms with Gasteiger partial charge in [0.25, 0.3) is 0 Å². The van der Waals surface area contributed by atoms with Crippen LogP contribution < -0.4 is 0 Å². The fraction of sp³-hybridized carbons (Fsp3) is 0.111. The van der Waals surface area contributed by atoms with Crippen LogP contribution in [0.5, 0.6) is 0 Å². The second-order valence-electron chi connectivity index (χ2n) is 2.76. The molecule has 0 atom stereocenters. The SMILES string of the molecule is Cc1cc(C(=O)O)c(F)cc1C(=O)O. The lowest BCUT2D eigenvalue weighted by Gasteiger charge is -2.03. The zero-order chi connectivity index (χ0) is 10.9. The maximum Gasteiger partial charge on any atom is 0.338 e. The third kappa shape index (κ3) is 1.71. The summed E-state index contributed by atoms with van der Waals surface area (Å²) in [5.74, 6) is -3.73. The van der Waals surface area contributed by atoms with Crippen molar-refractivity contribution in [2.75, 3.05) is 0 Å². The first kappa shape index (κ1) is 10.2. The van der Waals surface area contributed by atoms with Gasteiger partial charge in [0.15, 0.2) is 0 Å². The molecule has 0 heterocycles. The summed E-state index contributed by atoms with van der Waals surface area (Å²) in [6, 6.07) is 1.71. The van der Waals surface area contributed by atoms with Gasteiger partial charge in [-0.15, -0.1) is 0 Å². The summed E-state index contributed by atoms with van der Waals surface area (Å²) >= 11 is 0. The van der Waals surface area contributed by atoms with Crippen molar-refractivity contribution in [2.45, 2.75) is 6.92 Å². The number of hydrogen-bond acceptors (Lipinski definition) is 2. The molecular weight excluding hydrogens is 191 g/mol. The van der Waals surface area contributed by atoms with Gasteiger partial charge in [0.1, 0.15) is 5.82 Å². The summed E-state index contributed by atoms with van der Waals surface area (Å²) in [7, 11) is 0. The maximum atomic E-state index is 13.0. The molecule has 14 heavy (non-hydrogen) atoms. The van der Waals surface area contributed by atoms with Crippen molar-refractivity contribution in [1.29, 1.82) is 0 Å². The van der Waals surface area contributed by atoms with Crippen LogP contribution in [0.1, 0.15) is 26.3 Å². The molecule has 0 aromatic heterocycles. The Balaban J connectivity index is 3.38. The van der Waals surface area contributed by atoms with Crippen LogP contribution in [-0.4, -0.2) is 22.2 Å². The Kier molecular flexibility index (Phi) is 2.51. The molecule has 5 heteroatoms.